The zero-order chi connectivity index (χ0) is 25.6. The van der Waals surface area contributed by atoms with Gasteiger partial charge in [-0.1, -0.05) is 54.2 Å². The summed E-state index contributed by atoms with van der Waals surface area (Å²) in [5.74, 6) is 0. The zero-order valence-electron chi connectivity index (χ0n) is 21.6. The molecule has 4 nitrogen and oxygen atoms in total. The number of fused-ring (bicyclic) bond motifs is 2. The van der Waals surface area contributed by atoms with Crippen LogP contribution in [0.4, 0.5) is 11.4 Å². The van der Waals surface area contributed by atoms with E-state index in [2.05, 4.69) is 147 Å². The van der Waals surface area contributed by atoms with Crippen LogP contribution < -0.4 is 18.9 Å². The number of para-hydroxylation sites is 2. The molecule has 0 radical (unpaired) electrons. The Morgan fingerprint density at radius 3 is 2.05 bits per heavy atom. The summed E-state index contributed by atoms with van der Waals surface area (Å²) in [5.41, 5.74) is 5.28. The predicted molar refractivity (Wildman–Crippen MR) is 157 cm³/mol. The first-order valence-corrected chi connectivity index (χ1v) is 14.4. The molecule has 0 amide bonds. The lowest BCUT2D eigenvalue weighted by atomic mass is 9.99. The molecule has 4 heterocycles. The number of aromatic nitrogens is 2. The Morgan fingerprint density at radius 1 is 0.684 bits per heavy atom. The minimum Gasteiger partial charge on any atom is -0.354 e. The Kier molecular flexibility index (Phi) is 7.54. The number of benzene rings is 2. The molecule has 2 aliphatic rings. The molecule has 5 heteroatoms. The molecule has 1 atom stereocenters. The Bertz CT molecular complexity index is 1420. The minimum atomic E-state index is 0.280. The van der Waals surface area contributed by atoms with E-state index in [1.165, 1.54) is 27.4 Å². The lowest BCUT2D eigenvalue weighted by Gasteiger charge is -2.29. The molecular formula is C33H34N4S+2. The van der Waals surface area contributed by atoms with Gasteiger partial charge in [0.15, 0.2) is 24.8 Å². The van der Waals surface area contributed by atoms with Gasteiger partial charge in [-0.2, -0.15) is 0 Å². The first-order chi connectivity index (χ1) is 18.8. The van der Waals surface area contributed by atoms with E-state index in [9.17, 15) is 0 Å². The highest BCUT2D eigenvalue weighted by molar-refractivity contribution is 8.00. The number of pyridine rings is 2. The van der Waals surface area contributed by atoms with Gasteiger partial charge < -0.3 is 9.80 Å². The van der Waals surface area contributed by atoms with E-state index in [4.69, 9.17) is 0 Å². The van der Waals surface area contributed by atoms with Gasteiger partial charge in [0.05, 0.1) is 11.1 Å². The lowest BCUT2D eigenvalue weighted by molar-refractivity contribution is -0.697. The number of aryl methyl sites for hydroxylation is 2. The molecule has 0 bridgehead atoms. The molecule has 2 aromatic carbocycles. The second-order valence-electron chi connectivity index (χ2n) is 9.75. The number of rotatable bonds is 9. The third-order valence-corrected chi connectivity index (χ3v) is 8.43. The van der Waals surface area contributed by atoms with Gasteiger partial charge in [-0.05, 0) is 35.9 Å². The molecule has 0 spiro atoms. The van der Waals surface area contributed by atoms with E-state index in [0.29, 0.717) is 0 Å². The molecule has 0 fully saturated rings. The van der Waals surface area contributed by atoms with Gasteiger partial charge in [-0.3, -0.25) is 0 Å². The first kappa shape index (κ1) is 24.5. The highest BCUT2D eigenvalue weighted by atomic mass is 32.2. The summed E-state index contributed by atoms with van der Waals surface area (Å²) in [5, 5.41) is 0.280. The van der Waals surface area contributed by atoms with Gasteiger partial charge in [0.25, 0.3) is 0 Å². The number of hydrogen-bond acceptors (Lipinski definition) is 3. The van der Waals surface area contributed by atoms with Crippen LogP contribution in [0.15, 0.2) is 133 Å². The fourth-order valence-corrected chi connectivity index (χ4v) is 6.60. The standard InChI is InChI=1S/C33H34N4S/c1-7-18-34(19-8-1)22-11-24-36-26-17-28(29-13-3-4-14-30(29)36)27-33-37(31-15-5-6-16-32(31)38-33)25-12-23-35-20-9-2-10-21-35/h1-10,13-21,26-27,33H,11-12,22-25H2/q+2. The van der Waals surface area contributed by atoms with Crippen molar-refractivity contribution in [2.75, 3.05) is 22.9 Å². The van der Waals surface area contributed by atoms with Crippen molar-refractivity contribution in [3.8, 4) is 0 Å². The highest BCUT2D eigenvalue weighted by Crippen LogP contribution is 2.45. The largest absolute Gasteiger partial charge is 0.354 e. The molecular weight excluding hydrogens is 484 g/mol. The van der Waals surface area contributed by atoms with Crippen LogP contribution in [0.2, 0.25) is 0 Å². The second kappa shape index (κ2) is 11.7. The molecule has 4 aromatic rings. The quantitative estimate of drug-likeness (QED) is 0.249. The molecule has 2 aromatic heterocycles. The number of thioether (sulfide) groups is 1. The molecule has 0 saturated carbocycles. The van der Waals surface area contributed by atoms with Crippen LogP contribution in [0.25, 0.3) is 5.57 Å². The molecule has 2 aliphatic heterocycles. The summed E-state index contributed by atoms with van der Waals surface area (Å²) < 4.78 is 4.53. The number of anilines is 2. The molecule has 1 unspecified atom stereocenters. The Hall–Kier alpha value is -3.83. The van der Waals surface area contributed by atoms with Gasteiger partial charge in [0.2, 0.25) is 0 Å². The van der Waals surface area contributed by atoms with Crippen LogP contribution in [0.1, 0.15) is 18.4 Å². The van der Waals surface area contributed by atoms with Crippen LogP contribution in [0.5, 0.6) is 0 Å². The fraction of sp³-hybridized carbons (Fsp3) is 0.212. The topological polar surface area (TPSA) is 14.2 Å². The number of hydrogen-bond donors (Lipinski definition) is 0. The molecule has 0 aliphatic carbocycles. The third kappa shape index (κ3) is 5.53. The summed E-state index contributed by atoms with van der Waals surface area (Å²) in [7, 11) is 0. The van der Waals surface area contributed by atoms with E-state index in [-0.39, 0.29) is 5.37 Å². The lowest BCUT2D eigenvalue weighted by Crippen LogP contribution is -2.36. The third-order valence-electron chi connectivity index (χ3n) is 7.20. The fourth-order valence-electron chi connectivity index (χ4n) is 5.31. The maximum Gasteiger partial charge on any atom is 0.168 e. The Labute approximate surface area is 230 Å². The normalized spacial score (nSPS) is 17.1. The average Bonchev–Trinajstić information content (AvgIpc) is 3.32. The minimum absolute atomic E-state index is 0.280. The first-order valence-electron chi connectivity index (χ1n) is 13.5. The van der Waals surface area contributed by atoms with Crippen LogP contribution in [-0.2, 0) is 13.1 Å². The summed E-state index contributed by atoms with van der Waals surface area (Å²) in [6.07, 6.45) is 17.8. The van der Waals surface area contributed by atoms with Crippen LogP contribution in [0.3, 0.4) is 0 Å². The van der Waals surface area contributed by atoms with Crippen LogP contribution >= 0.6 is 11.8 Å². The Morgan fingerprint density at radius 2 is 1.32 bits per heavy atom. The maximum absolute atomic E-state index is 2.58. The van der Waals surface area contributed by atoms with Crippen LogP contribution in [-0.4, -0.2) is 18.5 Å². The van der Waals surface area contributed by atoms with Gasteiger partial charge in [0, 0.05) is 72.5 Å². The molecule has 6 rings (SSSR count). The van der Waals surface area contributed by atoms with Crippen LogP contribution in [0, 0.1) is 0 Å². The number of nitrogens with zero attached hydrogens (tertiary/aromatic N) is 4. The molecule has 0 saturated heterocycles. The van der Waals surface area contributed by atoms with Gasteiger partial charge in [0.1, 0.15) is 13.1 Å². The van der Waals surface area contributed by atoms with E-state index >= 15 is 0 Å². The monoisotopic (exact) mass is 518 g/mol. The maximum atomic E-state index is 2.58. The van der Waals surface area contributed by atoms with Crippen molar-refractivity contribution in [3.63, 3.8) is 0 Å². The number of allylic oxidation sites excluding steroid dienone is 2. The summed E-state index contributed by atoms with van der Waals surface area (Å²) >= 11 is 1.96. The van der Waals surface area contributed by atoms with Crippen molar-refractivity contribution < 1.29 is 9.13 Å². The summed E-state index contributed by atoms with van der Waals surface area (Å²) in [6.45, 7) is 4.06. The molecule has 0 N–H and O–H groups in total. The second-order valence-corrected chi connectivity index (χ2v) is 10.9. The Balaban J connectivity index is 1.19. The SMILES string of the molecule is C1=CN(CCC[n+]2ccccc2)c2ccccc2C1=CC1Sc2ccccc2N1CCC[n+]1ccccc1. The highest BCUT2D eigenvalue weighted by Gasteiger charge is 2.29. The predicted octanol–water partition coefficient (Wildman–Crippen LogP) is 6.10. The van der Waals surface area contributed by atoms with Crippen molar-refractivity contribution in [3.05, 3.63) is 134 Å². The van der Waals surface area contributed by atoms with Crippen molar-refractivity contribution in [1.29, 1.82) is 0 Å². The van der Waals surface area contributed by atoms with Gasteiger partial charge >= 0.3 is 0 Å². The van der Waals surface area contributed by atoms with Crippen molar-refractivity contribution in [1.82, 2.24) is 0 Å². The van der Waals surface area contributed by atoms with Crippen molar-refractivity contribution in [2.24, 2.45) is 0 Å². The molecule has 38 heavy (non-hydrogen) atoms. The van der Waals surface area contributed by atoms with E-state index in [1.807, 2.05) is 11.8 Å². The van der Waals surface area contributed by atoms with Gasteiger partial charge in [-0.25, -0.2) is 9.13 Å². The van der Waals surface area contributed by atoms with E-state index < -0.39 is 0 Å². The van der Waals surface area contributed by atoms with Crippen molar-refractivity contribution in [2.45, 2.75) is 36.2 Å². The summed E-state index contributed by atoms with van der Waals surface area (Å²) in [6, 6.07) is 30.2. The van der Waals surface area contributed by atoms with Gasteiger partial charge in [-0.15, -0.1) is 0 Å². The molecule has 190 valence electrons. The summed E-state index contributed by atoms with van der Waals surface area (Å²) in [4.78, 5) is 6.35. The van der Waals surface area contributed by atoms with Crippen molar-refractivity contribution >= 4 is 28.7 Å². The van der Waals surface area contributed by atoms with E-state index in [0.717, 1.165) is 39.0 Å². The zero-order valence-corrected chi connectivity index (χ0v) is 22.5. The van der Waals surface area contributed by atoms with E-state index in [1.54, 1.807) is 0 Å². The smallest absolute Gasteiger partial charge is 0.168 e. The average molecular weight is 519 g/mol.